The molecule has 20 heavy (non-hydrogen) atoms. The molecule has 1 aromatic rings. The summed E-state index contributed by atoms with van der Waals surface area (Å²) in [4.78, 5) is 2.18. The highest BCUT2D eigenvalue weighted by molar-refractivity contribution is 6.31. The van der Waals surface area contributed by atoms with E-state index in [9.17, 15) is 5.11 Å². The number of hydrogen-bond donors (Lipinski definition) is 2. The predicted molar refractivity (Wildman–Crippen MR) is 84.6 cm³/mol. The Hall–Kier alpha value is -0.810. The van der Waals surface area contributed by atoms with Crippen LogP contribution in [0.3, 0.4) is 0 Å². The monoisotopic (exact) mass is 300 g/mol. The number of halogens is 1. The Bertz CT molecular complexity index is 382. The molecular formula is C15H25ClN2O2. The first kappa shape index (κ1) is 17.2. The van der Waals surface area contributed by atoms with Crippen LogP contribution in [0.4, 0.5) is 5.69 Å². The van der Waals surface area contributed by atoms with Crippen LogP contribution in [-0.4, -0.2) is 45.1 Å². The maximum atomic E-state index is 9.22. The summed E-state index contributed by atoms with van der Waals surface area (Å²) >= 11 is 6.33. The summed E-state index contributed by atoms with van der Waals surface area (Å²) in [5.41, 5.74) is 2.17. The molecule has 5 heteroatoms. The predicted octanol–water partition coefficient (Wildman–Crippen LogP) is 2.28. The molecule has 0 bridgehead atoms. The number of ether oxygens (including phenoxy) is 1. The van der Waals surface area contributed by atoms with Gasteiger partial charge in [0.15, 0.2) is 0 Å². The summed E-state index contributed by atoms with van der Waals surface area (Å²) in [6, 6.07) is 5.92. The number of hydrogen-bond acceptors (Lipinski definition) is 4. The van der Waals surface area contributed by atoms with Gasteiger partial charge in [0, 0.05) is 49.6 Å². The van der Waals surface area contributed by atoms with Crippen molar-refractivity contribution >= 4 is 17.3 Å². The fourth-order valence-corrected chi connectivity index (χ4v) is 2.39. The van der Waals surface area contributed by atoms with E-state index in [2.05, 4.69) is 23.2 Å². The molecule has 0 fully saturated rings. The van der Waals surface area contributed by atoms with Crippen molar-refractivity contribution in [3.8, 4) is 0 Å². The molecule has 0 spiro atoms. The van der Waals surface area contributed by atoms with Gasteiger partial charge in [-0.2, -0.15) is 0 Å². The molecule has 0 heterocycles. The molecule has 0 amide bonds. The van der Waals surface area contributed by atoms with Crippen molar-refractivity contribution in [2.75, 3.05) is 44.9 Å². The molecule has 1 rings (SSSR count). The summed E-state index contributed by atoms with van der Waals surface area (Å²) in [5, 5.41) is 13.3. The van der Waals surface area contributed by atoms with E-state index in [0.717, 1.165) is 35.8 Å². The van der Waals surface area contributed by atoms with Crippen molar-refractivity contribution in [3.05, 3.63) is 28.8 Å². The third kappa shape index (κ3) is 5.29. The summed E-state index contributed by atoms with van der Waals surface area (Å²) in [5.74, 6) is 0. The van der Waals surface area contributed by atoms with Gasteiger partial charge in [0.05, 0.1) is 13.2 Å². The van der Waals surface area contributed by atoms with Gasteiger partial charge in [-0.05, 0) is 18.6 Å². The summed E-state index contributed by atoms with van der Waals surface area (Å²) in [6.07, 6.45) is 1.03. The van der Waals surface area contributed by atoms with E-state index in [1.807, 2.05) is 12.1 Å². The fraction of sp³-hybridized carbons (Fsp3) is 0.600. The summed E-state index contributed by atoms with van der Waals surface area (Å²) in [7, 11) is 1.69. The Labute approximate surface area is 126 Å². The molecule has 0 aliphatic rings. The molecule has 0 aromatic heterocycles. The Balaban J connectivity index is 2.84. The lowest BCUT2D eigenvalue weighted by Crippen LogP contribution is -2.29. The lowest BCUT2D eigenvalue weighted by atomic mass is 10.1. The van der Waals surface area contributed by atoms with Gasteiger partial charge in [-0.25, -0.2) is 0 Å². The van der Waals surface area contributed by atoms with Gasteiger partial charge in [-0.1, -0.05) is 24.6 Å². The lowest BCUT2D eigenvalue weighted by molar-refractivity contribution is 0.199. The minimum Gasteiger partial charge on any atom is -0.395 e. The third-order valence-corrected chi connectivity index (χ3v) is 3.44. The second-order valence-corrected chi connectivity index (χ2v) is 5.02. The zero-order chi connectivity index (χ0) is 14.8. The van der Waals surface area contributed by atoms with E-state index >= 15 is 0 Å². The summed E-state index contributed by atoms with van der Waals surface area (Å²) in [6.45, 7) is 5.97. The average Bonchev–Trinajstić information content (AvgIpc) is 2.44. The van der Waals surface area contributed by atoms with Gasteiger partial charge < -0.3 is 20.1 Å². The second-order valence-electron chi connectivity index (χ2n) is 4.62. The minimum absolute atomic E-state index is 0.142. The van der Waals surface area contributed by atoms with Crippen LogP contribution in [-0.2, 0) is 11.3 Å². The molecule has 0 saturated heterocycles. The average molecular weight is 301 g/mol. The molecule has 0 atom stereocenters. The van der Waals surface area contributed by atoms with Gasteiger partial charge in [0.2, 0.25) is 0 Å². The Morgan fingerprint density at radius 1 is 1.35 bits per heavy atom. The van der Waals surface area contributed by atoms with Crippen LogP contribution in [0.1, 0.15) is 18.9 Å². The van der Waals surface area contributed by atoms with Crippen LogP contribution in [0.2, 0.25) is 5.02 Å². The number of anilines is 1. The third-order valence-electron chi connectivity index (χ3n) is 3.08. The van der Waals surface area contributed by atoms with Crippen molar-refractivity contribution in [2.45, 2.75) is 19.9 Å². The highest BCUT2D eigenvalue weighted by Crippen LogP contribution is 2.27. The molecule has 0 radical (unpaired) electrons. The molecule has 0 aliphatic carbocycles. The lowest BCUT2D eigenvalue weighted by Gasteiger charge is -2.26. The normalized spacial score (nSPS) is 10.8. The van der Waals surface area contributed by atoms with Crippen molar-refractivity contribution in [2.24, 2.45) is 0 Å². The molecule has 0 saturated carbocycles. The number of nitrogens with one attached hydrogen (secondary N) is 1. The van der Waals surface area contributed by atoms with Crippen LogP contribution >= 0.6 is 11.6 Å². The number of aliphatic hydroxyl groups is 1. The van der Waals surface area contributed by atoms with Crippen LogP contribution in [0, 0.1) is 0 Å². The number of aliphatic hydroxyl groups excluding tert-OH is 1. The van der Waals surface area contributed by atoms with Crippen molar-refractivity contribution in [1.29, 1.82) is 0 Å². The van der Waals surface area contributed by atoms with Gasteiger partial charge in [-0.15, -0.1) is 0 Å². The standard InChI is InChI=1S/C15H25ClN2O2/c1-3-8-18(9-10-19)15-6-4-5-14(16)13(15)12-17-7-11-20-2/h4-6,17,19H,3,7-12H2,1-2H3. The van der Waals surface area contributed by atoms with Crippen LogP contribution < -0.4 is 10.2 Å². The molecule has 114 valence electrons. The molecule has 0 unspecified atom stereocenters. The van der Waals surface area contributed by atoms with Gasteiger partial charge in [0.1, 0.15) is 0 Å². The van der Waals surface area contributed by atoms with E-state index in [1.54, 1.807) is 7.11 Å². The van der Waals surface area contributed by atoms with Crippen molar-refractivity contribution in [1.82, 2.24) is 5.32 Å². The number of nitrogens with zero attached hydrogens (tertiary/aromatic N) is 1. The van der Waals surface area contributed by atoms with Gasteiger partial charge in [-0.3, -0.25) is 0 Å². The Morgan fingerprint density at radius 2 is 2.15 bits per heavy atom. The molecular weight excluding hydrogens is 276 g/mol. The first-order valence-corrected chi connectivity index (χ1v) is 7.45. The zero-order valence-corrected chi connectivity index (χ0v) is 13.1. The van der Waals surface area contributed by atoms with E-state index < -0.39 is 0 Å². The second kappa shape index (κ2) is 10.00. The smallest absolute Gasteiger partial charge is 0.0606 e. The van der Waals surface area contributed by atoms with Crippen LogP contribution in [0.15, 0.2) is 18.2 Å². The first-order valence-electron chi connectivity index (χ1n) is 7.07. The Kier molecular flexibility index (Phi) is 8.62. The minimum atomic E-state index is 0.142. The molecule has 1 aromatic carbocycles. The van der Waals surface area contributed by atoms with Crippen LogP contribution in [0.25, 0.3) is 0 Å². The maximum Gasteiger partial charge on any atom is 0.0606 e. The van der Waals surface area contributed by atoms with Crippen LogP contribution in [0.5, 0.6) is 0 Å². The SMILES string of the molecule is CCCN(CCO)c1cccc(Cl)c1CNCCOC. The largest absolute Gasteiger partial charge is 0.395 e. The van der Waals surface area contributed by atoms with Gasteiger partial charge >= 0.3 is 0 Å². The molecule has 2 N–H and O–H groups in total. The molecule has 4 nitrogen and oxygen atoms in total. The quantitative estimate of drug-likeness (QED) is 0.651. The van der Waals surface area contributed by atoms with E-state index in [1.165, 1.54) is 0 Å². The fourth-order valence-electron chi connectivity index (χ4n) is 2.15. The number of benzene rings is 1. The molecule has 0 aliphatic heterocycles. The van der Waals surface area contributed by atoms with Crippen molar-refractivity contribution in [3.63, 3.8) is 0 Å². The van der Waals surface area contributed by atoms with Crippen molar-refractivity contribution < 1.29 is 9.84 Å². The maximum absolute atomic E-state index is 9.22. The first-order chi connectivity index (χ1) is 9.74. The summed E-state index contributed by atoms with van der Waals surface area (Å²) < 4.78 is 5.03. The van der Waals surface area contributed by atoms with E-state index in [-0.39, 0.29) is 6.61 Å². The highest BCUT2D eigenvalue weighted by Gasteiger charge is 2.12. The number of methoxy groups -OCH3 is 1. The van der Waals surface area contributed by atoms with E-state index in [4.69, 9.17) is 16.3 Å². The highest BCUT2D eigenvalue weighted by atomic mass is 35.5. The van der Waals surface area contributed by atoms with E-state index in [0.29, 0.717) is 19.7 Å². The number of rotatable bonds is 10. The topological polar surface area (TPSA) is 44.7 Å². The Morgan fingerprint density at radius 3 is 2.80 bits per heavy atom. The van der Waals surface area contributed by atoms with Gasteiger partial charge in [0.25, 0.3) is 0 Å². The zero-order valence-electron chi connectivity index (χ0n) is 12.4.